The van der Waals surface area contributed by atoms with Crippen molar-refractivity contribution in [2.75, 3.05) is 6.61 Å². The van der Waals surface area contributed by atoms with Crippen molar-refractivity contribution >= 4 is 0 Å². The van der Waals surface area contributed by atoms with Crippen LogP contribution in [-0.4, -0.2) is 17.3 Å². The van der Waals surface area contributed by atoms with E-state index >= 15 is 0 Å². The van der Waals surface area contributed by atoms with Crippen LogP contribution in [0.15, 0.2) is 12.1 Å². The molecule has 1 aromatic carbocycles. The van der Waals surface area contributed by atoms with Crippen LogP contribution in [-0.2, 0) is 4.74 Å². The van der Waals surface area contributed by atoms with Crippen molar-refractivity contribution in [2.45, 2.75) is 71.5 Å². The summed E-state index contributed by atoms with van der Waals surface area (Å²) in [4.78, 5) is 0. The van der Waals surface area contributed by atoms with E-state index < -0.39 is 0 Å². The summed E-state index contributed by atoms with van der Waals surface area (Å²) in [6, 6.07) is 3.92. The number of fused-ring (bicyclic) bond motifs is 2. The zero-order valence-corrected chi connectivity index (χ0v) is 15.9. The smallest absolute Gasteiger partial charge is 0.129 e. The number of hydrogen-bond donors (Lipinski definition) is 1. The summed E-state index contributed by atoms with van der Waals surface area (Å²) in [6.07, 6.45) is 6.12. The Labute approximate surface area is 150 Å². The Balaban J connectivity index is 1.69. The largest absolute Gasteiger partial charge is 0.507 e. The Bertz CT molecular complexity index is 739. The third-order valence-electron chi connectivity index (χ3n) is 8.03. The molecule has 1 unspecified atom stereocenters. The Kier molecular flexibility index (Phi) is 3.03. The lowest BCUT2D eigenvalue weighted by Crippen LogP contribution is -2.61. The molecule has 2 heterocycles. The van der Waals surface area contributed by atoms with E-state index in [1.54, 1.807) is 0 Å². The van der Waals surface area contributed by atoms with Gasteiger partial charge in [-0.25, -0.2) is 0 Å². The second-order valence-electron chi connectivity index (χ2n) is 9.99. The summed E-state index contributed by atoms with van der Waals surface area (Å²) < 4.78 is 13.1. The Morgan fingerprint density at radius 1 is 1.12 bits per heavy atom. The Morgan fingerprint density at radius 2 is 1.92 bits per heavy atom. The molecule has 1 spiro atoms. The maximum atomic E-state index is 10.7. The average Bonchev–Trinajstić information content (AvgIpc) is 2.86. The van der Waals surface area contributed by atoms with Crippen LogP contribution in [0, 0.1) is 29.6 Å². The van der Waals surface area contributed by atoms with Crippen LogP contribution >= 0.6 is 0 Å². The maximum Gasteiger partial charge on any atom is 0.129 e. The van der Waals surface area contributed by atoms with E-state index in [2.05, 4.69) is 26.8 Å². The van der Waals surface area contributed by atoms with Crippen molar-refractivity contribution in [3.63, 3.8) is 0 Å². The molecule has 25 heavy (non-hydrogen) atoms. The van der Waals surface area contributed by atoms with E-state index in [1.165, 1.54) is 25.7 Å². The highest BCUT2D eigenvalue weighted by molar-refractivity contribution is 5.51. The van der Waals surface area contributed by atoms with E-state index in [0.717, 1.165) is 29.9 Å². The predicted octanol–water partition coefficient (Wildman–Crippen LogP) is 5.15. The second kappa shape index (κ2) is 4.73. The normalized spacial score (nSPS) is 43.6. The van der Waals surface area contributed by atoms with E-state index in [9.17, 15) is 5.11 Å². The minimum Gasteiger partial charge on any atom is -0.507 e. The van der Waals surface area contributed by atoms with Gasteiger partial charge in [0, 0.05) is 11.3 Å². The van der Waals surface area contributed by atoms with E-state index in [4.69, 9.17) is 9.47 Å². The Hall–Kier alpha value is -1.22. The molecular weight excluding hydrogens is 312 g/mol. The zero-order valence-electron chi connectivity index (χ0n) is 15.9. The van der Waals surface area contributed by atoms with Gasteiger partial charge in [-0.3, -0.25) is 0 Å². The SMILES string of the molecule is Cc1cc(O)c2c(c1)O[C@@]1(C)CCC3C(C)(C)CCC[C@]34CO[C@@H]2[C@H]41. The molecule has 5 atom stereocenters. The predicted molar refractivity (Wildman–Crippen MR) is 96.8 cm³/mol. The van der Waals surface area contributed by atoms with E-state index in [1.807, 2.05) is 13.0 Å². The molecule has 2 aliphatic heterocycles. The van der Waals surface area contributed by atoms with Crippen molar-refractivity contribution in [3.8, 4) is 11.5 Å². The first-order valence-corrected chi connectivity index (χ1v) is 9.91. The molecule has 1 saturated heterocycles. The van der Waals surface area contributed by atoms with Gasteiger partial charge in [-0.1, -0.05) is 20.3 Å². The molecule has 3 nitrogen and oxygen atoms in total. The van der Waals surface area contributed by atoms with Gasteiger partial charge < -0.3 is 14.6 Å². The van der Waals surface area contributed by atoms with Gasteiger partial charge in [-0.2, -0.15) is 0 Å². The van der Waals surface area contributed by atoms with Gasteiger partial charge in [-0.15, -0.1) is 0 Å². The summed E-state index contributed by atoms with van der Waals surface area (Å²) in [5.41, 5.74) is 2.33. The van der Waals surface area contributed by atoms with Gasteiger partial charge in [-0.05, 0) is 68.6 Å². The number of aromatic hydroxyl groups is 1. The first kappa shape index (κ1) is 16.0. The number of aryl methyl sites for hydroxylation is 1. The van der Waals surface area contributed by atoms with Crippen molar-refractivity contribution < 1.29 is 14.6 Å². The van der Waals surface area contributed by atoms with Crippen molar-refractivity contribution in [1.29, 1.82) is 0 Å². The highest BCUT2D eigenvalue weighted by Crippen LogP contribution is 2.71. The number of phenols is 1. The van der Waals surface area contributed by atoms with Crippen LogP contribution in [0.25, 0.3) is 0 Å². The summed E-state index contributed by atoms with van der Waals surface area (Å²) in [5, 5.41) is 10.7. The van der Waals surface area contributed by atoms with Crippen LogP contribution in [0.2, 0.25) is 0 Å². The number of hydrogen-bond acceptors (Lipinski definition) is 3. The molecule has 0 bridgehead atoms. The first-order chi connectivity index (χ1) is 11.8. The van der Waals surface area contributed by atoms with Gasteiger partial charge in [0.15, 0.2) is 0 Å². The van der Waals surface area contributed by atoms with Crippen LogP contribution in [0.5, 0.6) is 11.5 Å². The summed E-state index contributed by atoms with van der Waals surface area (Å²) in [5.74, 6) is 2.22. The van der Waals surface area contributed by atoms with E-state index in [0.29, 0.717) is 23.0 Å². The average molecular weight is 342 g/mol. The second-order valence-corrected chi connectivity index (χ2v) is 9.99. The van der Waals surface area contributed by atoms with Crippen LogP contribution in [0.4, 0.5) is 0 Å². The molecule has 5 rings (SSSR count). The number of rotatable bonds is 0. The highest BCUT2D eigenvalue weighted by Gasteiger charge is 2.69. The maximum absolute atomic E-state index is 10.7. The van der Waals surface area contributed by atoms with Gasteiger partial charge in [0.1, 0.15) is 17.1 Å². The molecular formula is C22H30O3. The molecule has 2 aliphatic carbocycles. The molecule has 0 amide bonds. The molecule has 0 radical (unpaired) electrons. The van der Waals surface area contributed by atoms with Gasteiger partial charge >= 0.3 is 0 Å². The minimum absolute atomic E-state index is 0.0222. The minimum atomic E-state index is -0.182. The fraction of sp³-hybridized carbons (Fsp3) is 0.727. The molecule has 3 heteroatoms. The number of benzene rings is 1. The van der Waals surface area contributed by atoms with Gasteiger partial charge in [0.2, 0.25) is 0 Å². The lowest BCUT2D eigenvalue weighted by atomic mass is 9.44. The van der Waals surface area contributed by atoms with Crippen LogP contribution in [0.1, 0.15) is 70.1 Å². The van der Waals surface area contributed by atoms with Gasteiger partial charge in [0.05, 0.1) is 18.3 Å². The molecule has 136 valence electrons. The fourth-order valence-corrected chi connectivity index (χ4v) is 7.20. The summed E-state index contributed by atoms with van der Waals surface area (Å²) in [6.45, 7) is 10.0. The lowest BCUT2D eigenvalue weighted by Gasteiger charge is -2.61. The standard InChI is InChI=1S/C22H30O3/c1-13-10-14(23)17-15(11-13)25-21(4)9-6-16-20(2,3)7-5-8-22(16)12-24-18(17)19(21)22/h10-11,16,18-19,23H,5-9,12H2,1-4H3/t16?,18-,19-,21-,22-/m0/s1. The molecule has 1 N–H and O–H groups in total. The number of phenolic OH excluding ortho intramolecular Hbond substituents is 1. The Morgan fingerprint density at radius 3 is 2.72 bits per heavy atom. The third kappa shape index (κ3) is 1.91. The monoisotopic (exact) mass is 342 g/mol. The van der Waals surface area contributed by atoms with Crippen LogP contribution < -0.4 is 4.74 Å². The van der Waals surface area contributed by atoms with Crippen molar-refractivity contribution in [2.24, 2.45) is 22.7 Å². The lowest BCUT2D eigenvalue weighted by molar-refractivity contribution is -0.156. The van der Waals surface area contributed by atoms with Crippen molar-refractivity contribution in [1.82, 2.24) is 0 Å². The van der Waals surface area contributed by atoms with E-state index in [-0.39, 0.29) is 17.1 Å². The molecule has 2 saturated carbocycles. The topological polar surface area (TPSA) is 38.7 Å². The first-order valence-electron chi connectivity index (χ1n) is 9.91. The molecule has 0 aromatic heterocycles. The number of ether oxygens (including phenoxy) is 2. The van der Waals surface area contributed by atoms with Crippen LogP contribution in [0.3, 0.4) is 0 Å². The highest BCUT2D eigenvalue weighted by atomic mass is 16.5. The zero-order chi connectivity index (χ0) is 17.6. The fourth-order valence-electron chi connectivity index (χ4n) is 7.20. The quantitative estimate of drug-likeness (QED) is 0.709. The summed E-state index contributed by atoms with van der Waals surface area (Å²) in [7, 11) is 0. The third-order valence-corrected chi connectivity index (χ3v) is 8.03. The summed E-state index contributed by atoms with van der Waals surface area (Å²) >= 11 is 0. The van der Waals surface area contributed by atoms with Gasteiger partial charge in [0.25, 0.3) is 0 Å². The molecule has 4 aliphatic rings. The molecule has 1 aromatic rings. The molecule has 3 fully saturated rings. The van der Waals surface area contributed by atoms with Crippen molar-refractivity contribution in [3.05, 3.63) is 23.3 Å².